The molecular weight excluding hydrogens is 350 g/mol. The van der Waals surface area contributed by atoms with Crippen LogP contribution < -0.4 is 9.47 Å². The van der Waals surface area contributed by atoms with Crippen molar-refractivity contribution in [3.05, 3.63) is 64.7 Å². The largest absolute Gasteiger partial charge is 0.497 e. The molecule has 5 heteroatoms. The number of carbonyl (C=O) groups excluding carboxylic acids is 1. The lowest BCUT2D eigenvalue weighted by molar-refractivity contribution is -0.127. The average Bonchev–Trinajstić information content (AvgIpc) is 3.50. The Morgan fingerprint density at radius 1 is 1.15 bits per heavy atom. The molecule has 0 saturated heterocycles. The van der Waals surface area contributed by atoms with Crippen LogP contribution in [0.4, 0.5) is 0 Å². The third kappa shape index (κ3) is 4.58. The van der Waals surface area contributed by atoms with E-state index in [1.54, 1.807) is 20.3 Å². The number of benzene rings is 2. The van der Waals surface area contributed by atoms with Gasteiger partial charge in [-0.25, -0.2) is 0 Å². The SMILES string of the molecule is COc1ccc(OC)c(CN(C(=O)C=Cc2ccc(Cl)cc2)C2CC2)c1. The molecule has 0 heterocycles. The Kier molecular flexibility index (Phi) is 5.84. The third-order valence-corrected chi connectivity index (χ3v) is 4.64. The van der Waals surface area contributed by atoms with Gasteiger partial charge in [-0.2, -0.15) is 0 Å². The molecular formula is C21H22ClNO3. The lowest BCUT2D eigenvalue weighted by Crippen LogP contribution is -2.31. The van der Waals surface area contributed by atoms with Crippen LogP contribution in [0.5, 0.6) is 11.5 Å². The van der Waals surface area contributed by atoms with Crippen molar-refractivity contribution in [2.24, 2.45) is 0 Å². The smallest absolute Gasteiger partial charge is 0.247 e. The van der Waals surface area contributed by atoms with Crippen molar-refractivity contribution >= 4 is 23.6 Å². The molecule has 4 nitrogen and oxygen atoms in total. The summed E-state index contributed by atoms with van der Waals surface area (Å²) < 4.78 is 10.7. The van der Waals surface area contributed by atoms with Gasteiger partial charge in [0, 0.05) is 22.7 Å². The molecule has 0 atom stereocenters. The normalized spacial score (nSPS) is 13.7. The summed E-state index contributed by atoms with van der Waals surface area (Å²) in [6, 6.07) is 13.3. The van der Waals surface area contributed by atoms with Gasteiger partial charge in [-0.1, -0.05) is 23.7 Å². The highest BCUT2D eigenvalue weighted by atomic mass is 35.5. The first-order chi connectivity index (χ1) is 12.6. The van der Waals surface area contributed by atoms with Crippen LogP contribution in [0.15, 0.2) is 48.5 Å². The average molecular weight is 372 g/mol. The van der Waals surface area contributed by atoms with Crippen LogP contribution in [-0.4, -0.2) is 31.1 Å². The lowest BCUT2D eigenvalue weighted by Gasteiger charge is -2.22. The zero-order valence-electron chi connectivity index (χ0n) is 14.9. The van der Waals surface area contributed by atoms with Gasteiger partial charge in [0.1, 0.15) is 11.5 Å². The highest BCUT2D eigenvalue weighted by molar-refractivity contribution is 6.30. The monoisotopic (exact) mass is 371 g/mol. The fourth-order valence-corrected chi connectivity index (χ4v) is 2.93. The highest BCUT2D eigenvalue weighted by Crippen LogP contribution is 2.32. The fraction of sp³-hybridized carbons (Fsp3) is 0.286. The molecule has 0 bridgehead atoms. The quantitative estimate of drug-likeness (QED) is 0.669. The number of methoxy groups -OCH3 is 2. The predicted octanol–water partition coefficient (Wildman–Crippen LogP) is 4.56. The summed E-state index contributed by atoms with van der Waals surface area (Å²) in [4.78, 5) is 14.7. The van der Waals surface area contributed by atoms with Crippen molar-refractivity contribution in [1.82, 2.24) is 4.90 Å². The summed E-state index contributed by atoms with van der Waals surface area (Å²) >= 11 is 5.90. The zero-order valence-corrected chi connectivity index (χ0v) is 15.7. The van der Waals surface area contributed by atoms with Gasteiger partial charge >= 0.3 is 0 Å². The van der Waals surface area contributed by atoms with E-state index in [2.05, 4.69) is 0 Å². The second-order valence-corrected chi connectivity index (χ2v) is 6.70. The Bertz CT molecular complexity index is 797. The second kappa shape index (κ2) is 8.28. The Morgan fingerprint density at radius 2 is 1.88 bits per heavy atom. The molecule has 1 aliphatic carbocycles. The number of halogens is 1. The molecule has 2 aromatic carbocycles. The fourth-order valence-electron chi connectivity index (χ4n) is 2.80. The van der Waals surface area contributed by atoms with Crippen molar-refractivity contribution < 1.29 is 14.3 Å². The van der Waals surface area contributed by atoms with E-state index in [1.807, 2.05) is 53.4 Å². The van der Waals surface area contributed by atoms with Crippen LogP contribution in [0.3, 0.4) is 0 Å². The molecule has 136 valence electrons. The first-order valence-corrected chi connectivity index (χ1v) is 8.93. The number of ether oxygens (including phenoxy) is 2. The molecule has 0 unspecified atom stereocenters. The molecule has 0 aliphatic heterocycles. The molecule has 1 amide bonds. The maximum absolute atomic E-state index is 12.8. The predicted molar refractivity (Wildman–Crippen MR) is 104 cm³/mol. The van der Waals surface area contributed by atoms with Crippen molar-refractivity contribution in [2.45, 2.75) is 25.4 Å². The second-order valence-electron chi connectivity index (χ2n) is 6.26. The molecule has 3 rings (SSSR count). The van der Waals surface area contributed by atoms with Crippen LogP contribution in [0.25, 0.3) is 6.08 Å². The van der Waals surface area contributed by atoms with E-state index >= 15 is 0 Å². The summed E-state index contributed by atoms with van der Waals surface area (Å²) in [6.07, 6.45) is 5.50. The minimum absolute atomic E-state index is 0.00711. The molecule has 1 aliphatic rings. The molecule has 1 fully saturated rings. The van der Waals surface area contributed by atoms with Crippen molar-refractivity contribution in [1.29, 1.82) is 0 Å². The van der Waals surface area contributed by atoms with Gasteiger partial charge in [0.25, 0.3) is 0 Å². The molecule has 0 radical (unpaired) electrons. The lowest BCUT2D eigenvalue weighted by atomic mass is 10.1. The van der Waals surface area contributed by atoms with E-state index in [4.69, 9.17) is 21.1 Å². The van der Waals surface area contributed by atoms with Crippen molar-refractivity contribution in [3.8, 4) is 11.5 Å². The van der Waals surface area contributed by atoms with Gasteiger partial charge in [0.15, 0.2) is 0 Å². The summed E-state index contributed by atoms with van der Waals surface area (Å²) in [5, 5.41) is 0.679. The number of rotatable bonds is 7. The van der Waals surface area contributed by atoms with E-state index in [9.17, 15) is 4.79 Å². The first kappa shape index (κ1) is 18.3. The zero-order chi connectivity index (χ0) is 18.5. The Balaban J connectivity index is 1.77. The van der Waals surface area contributed by atoms with Gasteiger partial charge < -0.3 is 14.4 Å². The summed E-state index contributed by atoms with van der Waals surface area (Å²) in [7, 11) is 3.26. The van der Waals surface area contributed by atoms with Crippen molar-refractivity contribution in [3.63, 3.8) is 0 Å². The topological polar surface area (TPSA) is 38.8 Å². The molecule has 1 saturated carbocycles. The summed E-state index contributed by atoms with van der Waals surface area (Å²) in [6.45, 7) is 0.495. The van der Waals surface area contributed by atoms with Crippen LogP contribution in [0, 0.1) is 0 Å². The Hall–Kier alpha value is -2.46. The molecule has 0 spiro atoms. The Morgan fingerprint density at radius 3 is 2.50 bits per heavy atom. The van der Waals surface area contributed by atoms with E-state index < -0.39 is 0 Å². The number of carbonyl (C=O) groups is 1. The van der Waals surface area contributed by atoms with Gasteiger partial charge in [-0.05, 0) is 54.8 Å². The van der Waals surface area contributed by atoms with E-state index in [-0.39, 0.29) is 11.9 Å². The standard InChI is InChI=1S/C21H22ClNO3/c1-25-19-10-11-20(26-2)16(13-19)14-23(18-8-9-18)21(24)12-5-15-3-6-17(22)7-4-15/h3-7,10-13,18H,8-9,14H2,1-2H3. The highest BCUT2D eigenvalue weighted by Gasteiger charge is 2.32. The van der Waals surface area contributed by atoms with Crippen LogP contribution in [0.1, 0.15) is 24.0 Å². The third-order valence-electron chi connectivity index (χ3n) is 4.39. The number of nitrogens with zero attached hydrogens (tertiary/aromatic N) is 1. The Labute approximate surface area is 159 Å². The minimum atomic E-state index is -0.00711. The number of amides is 1. The minimum Gasteiger partial charge on any atom is -0.497 e. The molecule has 0 aromatic heterocycles. The van der Waals surface area contributed by atoms with Crippen molar-refractivity contribution in [2.75, 3.05) is 14.2 Å². The molecule has 0 N–H and O–H groups in total. The van der Waals surface area contributed by atoms with Crippen LogP contribution in [-0.2, 0) is 11.3 Å². The van der Waals surface area contributed by atoms with Gasteiger partial charge in [0.2, 0.25) is 5.91 Å². The van der Waals surface area contributed by atoms with Crippen LogP contribution >= 0.6 is 11.6 Å². The van der Waals surface area contributed by atoms with Gasteiger partial charge in [0.05, 0.1) is 20.8 Å². The van der Waals surface area contributed by atoms with E-state index in [0.717, 1.165) is 35.5 Å². The first-order valence-electron chi connectivity index (χ1n) is 8.56. The molecule has 2 aromatic rings. The van der Waals surface area contributed by atoms with E-state index in [0.29, 0.717) is 11.6 Å². The maximum Gasteiger partial charge on any atom is 0.247 e. The summed E-state index contributed by atoms with van der Waals surface area (Å²) in [5.41, 5.74) is 1.88. The number of hydrogen-bond acceptors (Lipinski definition) is 3. The number of hydrogen-bond donors (Lipinski definition) is 0. The summed E-state index contributed by atoms with van der Waals surface area (Å²) in [5.74, 6) is 1.50. The van der Waals surface area contributed by atoms with E-state index in [1.165, 1.54) is 0 Å². The molecule has 26 heavy (non-hydrogen) atoms. The van der Waals surface area contributed by atoms with Gasteiger partial charge in [-0.3, -0.25) is 4.79 Å². The van der Waals surface area contributed by atoms with Gasteiger partial charge in [-0.15, -0.1) is 0 Å². The van der Waals surface area contributed by atoms with Crippen LogP contribution in [0.2, 0.25) is 5.02 Å². The maximum atomic E-state index is 12.8.